The molecule has 2 heterocycles. The molecular formula is C21H19F2N3O3. The zero-order valence-corrected chi connectivity index (χ0v) is 15.7. The van der Waals surface area contributed by atoms with Crippen molar-refractivity contribution in [3.63, 3.8) is 0 Å². The number of carbonyl (C=O) groups excluding carboxylic acids is 3. The summed E-state index contributed by atoms with van der Waals surface area (Å²) in [6.45, 7) is 2.26. The average molecular weight is 399 g/mol. The molecule has 1 N–H and O–H groups in total. The third-order valence-corrected chi connectivity index (χ3v) is 5.33. The van der Waals surface area contributed by atoms with Crippen LogP contribution >= 0.6 is 0 Å². The molecule has 0 aromatic heterocycles. The van der Waals surface area contributed by atoms with E-state index in [4.69, 9.17) is 0 Å². The quantitative estimate of drug-likeness (QED) is 0.863. The minimum Gasteiger partial charge on any atom is -0.323 e. The third kappa shape index (κ3) is 3.57. The highest BCUT2D eigenvalue weighted by atomic mass is 19.1. The minimum atomic E-state index is -0.741. The van der Waals surface area contributed by atoms with E-state index in [0.29, 0.717) is 18.7 Å². The van der Waals surface area contributed by atoms with E-state index >= 15 is 0 Å². The topological polar surface area (TPSA) is 69.7 Å². The van der Waals surface area contributed by atoms with Crippen molar-refractivity contribution in [2.24, 2.45) is 5.92 Å². The maximum atomic E-state index is 13.8. The van der Waals surface area contributed by atoms with E-state index in [1.165, 1.54) is 11.8 Å². The van der Waals surface area contributed by atoms with Crippen LogP contribution in [0, 0.1) is 17.6 Å². The number of nitrogens with zero attached hydrogens (tertiary/aromatic N) is 2. The van der Waals surface area contributed by atoms with Crippen LogP contribution in [0.1, 0.15) is 18.9 Å². The fraction of sp³-hybridized carbons (Fsp3) is 0.286. The van der Waals surface area contributed by atoms with Crippen LogP contribution in [0.5, 0.6) is 0 Å². The first-order chi connectivity index (χ1) is 13.8. The fourth-order valence-electron chi connectivity index (χ4n) is 3.84. The van der Waals surface area contributed by atoms with Crippen molar-refractivity contribution in [3.05, 3.63) is 53.6 Å². The molecule has 0 aliphatic carbocycles. The molecule has 1 atom stereocenters. The molecule has 29 heavy (non-hydrogen) atoms. The number of halogens is 2. The van der Waals surface area contributed by atoms with Gasteiger partial charge in [0.25, 0.3) is 0 Å². The Balaban J connectivity index is 1.49. The standard InChI is InChI=1S/C21H19F2N3O3/c1-12(27)25-7-6-13-8-16(3-5-19(13)25)26-11-14(9-20(26)28)21(29)24-18-10-15(22)2-4-17(18)23/h2-5,8,10,14H,6-7,9,11H2,1H3,(H,24,29)/t14-/m1/s1. The molecular weight excluding hydrogens is 380 g/mol. The lowest BCUT2D eigenvalue weighted by Crippen LogP contribution is -2.28. The van der Waals surface area contributed by atoms with E-state index in [9.17, 15) is 23.2 Å². The molecule has 2 aliphatic rings. The Labute approximate surface area is 166 Å². The normalized spacial score (nSPS) is 18.2. The van der Waals surface area contributed by atoms with Crippen molar-refractivity contribution >= 4 is 34.8 Å². The van der Waals surface area contributed by atoms with Gasteiger partial charge in [-0.15, -0.1) is 0 Å². The zero-order valence-electron chi connectivity index (χ0n) is 15.7. The smallest absolute Gasteiger partial charge is 0.229 e. The van der Waals surface area contributed by atoms with Gasteiger partial charge in [-0.1, -0.05) is 0 Å². The van der Waals surface area contributed by atoms with Gasteiger partial charge in [0.2, 0.25) is 17.7 Å². The van der Waals surface area contributed by atoms with Gasteiger partial charge in [-0.25, -0.2) is 8.78 Å². The number of amides is 3. The number of rotatable bonds is 3. The van der Waals surface area contributed by atoms with Gasteiger partial charge in [0.15, 0.2) is 0 Å². The predicted molar refractivity (Wildman–Crippen MR) is 104 cm³/mol. The first-order valence-electron chi connectivity index (χ1n) is 9.31. The first kappa shape index (κ1) is 19.0. The van der Waals surface area contributed by atoms with Crippen LogP contribution in [0.15, 0.2) is 36.4 Å². The molecule has 3 amide bonds. The van der Waals surface area contributed by atoms with Gasteiger partial charge in [-0.2, -0.15) is 0 Å². The van der Waals surface area contributed by atoms with Crippen molar-refractivity contribution in [2.45, 2.75) is 19.8 Å². The highest BCUT2D eigenvalue weighted by Crippen LogP contribution is 2.34. The van der Waals surface area contributed by atoms with E-state index in [1.54, 1.807) is 11.0 Å². The van der Waals surface area contributed by atoms with Crippen molar-refractivity contribution < 1.29 is 23.2 Å². The van der Waals surface area contributed by atoms with E-state index in [2.05, 4.69) is 5.32 Å². The monoisotopic (exact) mass is 399 g/mol. The molecule has 4 rings (SSSR count). The predicted octanol–water partition coefficient (Wildman–Crippen LogP) is 2.87. The summed E-state index contributed by atoms with van der Waals surface area (Å²) in [5.74, 6) is -2.86. The Morgan fingerprint density at radius 1 is 1.14 bits per heavy atom. The van der Waals surface area contributed by atoms with Gasteiger partial charge in [0.1, 0.15) is 11.6 Å². The molecule has 2 aromatic carbocycles. The lowest BCUT2D eigenvalue weighted by Gasteiger charge is -2.19. The van der Waals surface area contributed by atoms with Crippen molar-refractivity contribution in [1.29, 1.82) is 0 Å². The van der Waals surface area contributed by atoms with Crippen LogP contribution in [0.4, 0.5) is 25.8 Å². The molecule has 0 saturated carbocycles. The summed E-state index contributed by atoms with van der Waals surface area (Å²) in [6.07, 6.45) is 0.687. The summed E-state index contributed by atoms with van der Waals surface area (Å²) >= 11 is 0. The van der Waals surface area contributed by atoms with Crippen molar-refractivity contribution in [1.82, 2.24) is 0 Å². The second-order valence-corrected chi connectivity index (χ2v) is 7.25. The number of benzene rings is 2. The van der Waals surface area contributed by atoms with E-state index in [1.807, 2.05) is 12.1 Å². The molecule has 1 fully saturated rings. The first-order valence-corrected chi connectivity index (χ1v) is 9.31. The third-order valence-electron chi connectivity index (χ3n) is 5.33. The minimum absolute atomic E-state index is 0.0145. The fourth-order valence-corrected chi connectivity index (χ4v) is 3.84. The number of hydrogen-bond donors (Lipinski definition) is 1. The van der Waals surface area contributed by atoms with E-state index in [-0.39, 0.29) is 30.5 Å². The van der Waals surface area contributed by atoms with Gasteiger partial charge in [0, 0.05) is 43.9 Å². The summed E-state index contributed by atoms with van der Waals surface area (Å²) in [5.41, 5.74) is 2.22. The Morgan fingerprint density at radius 3 is 2.69 bits per heavy atom. The molecule has 0 radical (unpaired) electrons. The molecule has 0 bridgehead atoms. The Kier molecular flexibility index (Phi) is 4.77. The Hall–Kier alpha value is -3.29. The maximum Gasteiger partial charge on any atom is 0.229 e. The zero-order chi connectivity index (χ0) is 20.7. The van der Waals surface area contributed by atoms with E-state index in [0.717, 1.165) is 29.4 Å². The van der Waals surface area contributed by atoms with Gasteiger partial charge < -0.3 is 15.1 Å². The number of fused-ring (bicyclic) bond motifs is 1. The second-order valence-electron chi connectivity index (χ2n) is 7.25. The highest BCUT2D eigenvalue weighted by molar-refractivity contribution is 6.04. The number of nitrogens with one attached hydrogen (secondary N) is 1. The average Bonchev–Trinajstić information content (AvgIpc) is 3.27. The molecule has 8 heteroatoms. The molecule has 2 aliphatic heterocycles. The van der Waals surface area contributed by atoms with Gasteiger partial charge in [-0.3, -0.25) is 14.4 Å². The lowest BCUT2D eigenvalue weighted by atomic mass is 10.1. The van der Waals surface area contributed by atoms with E-state index < -0.39 is 23.5 Å². The summed E-state index contributed by atoms with van der Waals surface area (Å²) in [7, 11) is 0. The van der Waals surface area contributed by atoms with Crippen LogP contribution in [0.2, 0.25) is 0 Å². The lowest BCUT2D eigenvalue weighted by molar-refractivity contribution is -0.122. The van der Waals surface area contributed by atoms with Gasteiger partial charge >= 0.3 is 0 Å². The highest BCUT2D eigenvalue weighted by Gasteiger charge is 2.36. The number of carbonyl (C=O) groups is 3. The second kappa shape index (κ2) is 7.27. The number of anilines is 3. The van der Waals surface area contributed by atoms with Gasteiger partial charge in [-0.05, 0) is 42.3 Å². The van der Waals surface area contributed by atoms with Crippen LogP contribution < -0.4 is 15.1 Å². The molecule has 2 aromatic rings. The van der Waals surface area contributed by atoms with Crippen LogP contribution in [-0.2, 0) is 20.8 Å². The summed E-state index contributed by atoms with van der Waals surface area (Å²) in [6, 6.07) is 8.23. The van der Waals surface area contributed by atoms with Crippen LogP contribution in [0.25, 0.3) is 0 Å². The van der Waals surface area contributed by atoms with Crippen molar-refractivity contribution in [2.75, 3.05) is 28.2 Å². The SMILES string of the molecule is CC(=O)N1CCc2cc(N3C[C@H](C(=O)Nc4cc(F)ccc4F)CC3=O)ccc21. The Morgan fingerprint density at radius 2 is 1.93 bits per heavy atom. The van der Waals surface area contributed by atoms with Crippen molar-refractivity contribution in [3.8, 4) is 0 Å². The van der Waals surface area contributed by atoms with Crippen LogP contribution in [-0.4, -0.2) is 30.8 Å². The summed E-state index contributed by atoms with van der Waals surface area (Å²) in [4.78, 5) is 39.9. The van der Waals surface area contributed by atoms with Crippen LogP contribution in [0.3, 0.4) is 0 Å². The summed E-state index contributed by atoms with van der Waals surface area (Å²) < 4.78 is 27.1. The molecule has 0 spiro atoms. The summed E-state index contributed by atoms with van der Waals surface area (Å²) in [5, 5.41) is 2.37. The Bertz CT molecular complexity index is 1020. The maximum absolute atomic E-state index is 13.8. The molecule has 1 saturated heterocycles. The van der Waals surface area contributed by atoms with Gasteiger partial charge in [0.05, 0.1) is 11.6 Å². The molecule has 0 unspecified atom stereocenters. The molecule has 150 valence electrons. The molecule has 6 nitrogen and oxygen atoms in total. The number of hydrogen-bond acceptors (Lipinski definition) is 3. The largest absolute Gasteiger partial charge is 0.323 e.